The first-order valence-corrected chi connectivity index (χ1v) is 6.78. The van der Waals surface area contributed by atoms with Gasteiger partial charge in [-0.25, -0.2) is 0 Å². The van der Waals surface area contributed by atoms with Crippen molar-refractivity contribution in [2.24, 2.45) is 7.05 Å². The van der Waals surface area contributed by atoms with E-state index in [1.807, 2.05) is 18.2 Å². The summed E-state index contributed by atoms with van der Waals surface area (Å²) in [5, 5.41) is 0.655. The summed E-state index contributed by atoms with van der Waals surface area (Å²) in [7, 11) is 1.74. The zero-order valence-electron chi connectivity index (χ0n) is 8.88. The fourth-order valence-corrected chi connectivity index (χ4v) is 2.86. The lowest BCUT2D eigenvalue weighted by Crippen LogP contribution is -2.18. The lowest BCUT2D eigenvalue weighted by Gasteiger charge is -2.10. The summed E-state index contributed by atoms with van der Waals surface area (Å²) in [6.45, 7) is 0. The van der Waals surface area contributed by atoms with Gasteiger partial charge in [-0.05, 0) is 40.2 Å². The summed E-state index contributed by atoms with van der Waals surface area (Å²) in [6, 6.07) is 9.13. The van der Waals surface area contributed by atoms with E-state index in [1.165, 1.54) is 0 Å². The standard InChI is InChI=1S/C12H8Br2ClNO/c1-16-11(5-4-9(13)12(16)17)8-3-2-7(15)6-10(8)14/h2-6H,1H3. The molecule has 17 heavy (non-hydrogen) atoms. The Morgan fingerprint density at radius 2 is 1.82 bits per heavy atom. The molecular formula is C12H8Br2ClNO. The second kappa shape index (κ2) is 4.96. The molecular weight excluding hydrogens is 369 g/mol. The van der Waals surface area contributed by atoms with Crippen LogP contribution in [0.25, 0.3) is 11.3 Å². The molecule has 0 aliphatic rings. The van der Waals surface area contributed by atoms with E-state index in [2.05, 4.69) is 31.9 Å². The number of pyridine rings is 1. The zero-order valence-corrected chi connectivity index (χ0v) is 12.8. The van der Waals surface area contributed by atoms with Gasteiger partial charge in [-0.15, -0.1) is 0 Å². The minimum Gasteiger partial charge on any atom is -0.310 e. The van der Waals surface area contributed by atoms with Gasteiger partial charge in [0.25, 0.3) is 5.56 Å². The molecule has 0 fully saturated rings. The lowest BCUT2D eigenvalue weighted by molar-refractivity contribution is 0.863. The van der Waals surface area contributed by atoms with Gasteiger partial charge >= 0.3 is 0 Å². The van der Waals surface area contributed by atoms with Gasteiger partial charge in [0.2, 0.25) is 0 Å². The molecule has 0 amide bonds. The monoisotopic (exact) mass is 375 g/mol. The number of benzene rings is 1. The highest BCUT2D eigenvalue weighted by molar-refractivity contribution is 9.10. The molecule has 88 valence electrons. The van der Waals surface area contributed by atoms with E-state index in [0.29, 0.717) is 9.50 Å². The molecule has 1 aromatic heterocycles. The summed E-state index contributed by atoms with van der Waals surface area (Å²) in [5.74, 6) is 0. The van der Waals surface area contributed by atoms with Crippen LogP contribution in [0.3, 0.4) is 0 Å². The fourth-order valence-electron chi connectivity index (χ4n) is 1.57. The van der Waals surface area contributed by atoms with Gasteiger partial charge in [0.15, 0.2) is 0 Å². The average molecular weight is 377 g/mol. The Hall–Kier alpha value is -0.580. The summed E-state index contributed by atoms with van der Waals surface area (Å²) >= 11 is 12.6. The summed E-state index contributed by atoms with van der Waals surface area (Å²) in [4.78, 5) is 11.8. The van der Waals surface area contributed by atoms with Gasteiger partial charge in [0.1, 0.15) is 0 Å². The van der Waals surface area contributed by atoms with E-state index in [0.717, 1.165) is 15.7 Å². The Morgan fingerprint density at radius 1 is 1.12 bits per heavy atom. The average Bonchev–Trinajstić information content (AvgIpc) is 2.28. The van der Waals surface area contributed by atoms with E-state index < -0.39 is 0 Å². The number of rotatable bonds is 1. The Bertz CT molecular complexity index is 637. The molecule has 2 aromatic rings. The van der Waals surface area contributed by atoms with E-state index >= 15 is 0 Å². The first kappa shape index (κ1) is 12.9. The molecule has 0 saturated carbocycles. The zero-order chi connectivity index (χ0) is 12.6. The number of hydrogen-bond donors (Lipinski definition) is 0. The highest BCUT2D eigenvalue weighted by Gasteiger charge is 2.09. The van der Waals surface area contributed by atoms with E-state index in [-0.39, 0.29) is 5.56 Å². The van der Waals surface area contributed by atoms with Crippen molar-refractivity contribution in [1.29, 1.82) is 0 Å². The third-order valence-corrected chi connectivity index (χ3v) is 3.96. The van der Waals surface area contributed by atoms with Crippen LogP contribution in [0.15, 0.2) is 44.1 Å². The summed E-state index contributed by atoms with van der Waals surface area (Å²) < 4.78 is 3.01. The molecule has 0 atom stereocenters. The van der Waals surface area contributed by atoms with Crippen molar-refractivity contribution in [1.82, 2.24) is 4.57 Å². The number of nitrogens with zero attached hydrogens (tertiary/aromatic N) is 1. The Labute approximate surface area is 120 Å². The van der Waals surface area contributed by atoms with Crippen molar-refractivity contribution in [3.8, 4) is 11.3 Å². The minimum absolute atomic E-state index is 0.0654. The molecule has 0 spiro atoms. The number of halogens is 3. The normalized spacial score (nSPS) is 10.6. The molecule has 0 bridgehead atoms. The molecule has 0 saturated heterocycles. The minimum atomic E-state index is -0.0654. The predicted molar refractivity (Wildman–Crippen MR) is 77.5 cm³/mol. The first-order chi connectivity index (χ1) is 8.00. The molecule has 2 nitrogen and oxygen atoms in total. The van der Waals surface area contributed by atoms with Crippen LogP contribution in [0.1, 0.15) is 0 Å². The van der Waals surface area contributed by atoms with Crippen LogP contribution in [-0.2, 0) is 7.05 Å². The van der Waals surface area contributed by atoms with Crippen molar-refractivity contribution >= 4 is 43.5 Å². The van der Waals surface area contributed by atoms with Gasteiger partial charge < -0.3 is 4.57 Å². The maximum absolute atomic E-state index is 11.8. The third kappa shape index (κ3) is 2.49. The maximum atomic E-state index is 11.8. The van der Waals surface area contributed by atoms with Gasteiger partial charge in [-0.2, -0.15) is 0 Å². The maximum Gasteiger partial charge on any atom is 0.265 e. The van der Waals surface area contributed by atoms with Gasteiger partial charge in [0.05, 0.1) is 10.2 Å². The molecule has 1 heterocycles. The van der Waals surface area contributed by atoms with Gasteiger partial charge in [0, 0.05) is 22.1 Å². The van der Waals surface area contributed by atoms with Crippen LogP contribution >= 0.6 is 43.5 Å². The Kier molecular flexibility index (Phi) is 3.76. The van der Waals surface area contributed by atoms with E-state index in [9.17, 15) is 4.79 Å². The molecule has 0 aliphatic carbocycles. The molecule has 0 N–H and O–H groups in total. The molecule has 0 radical (unpaired) electrons. The topological polar surface area (TPSA) is 22.0 Å². The van der Waals surface area contributed by atoms with Gasteiger partial charge in [-0.1, -0.05) is 33.6 Å². The third-order valence-electron chi connectivity index (χ3n) is 2.46. The van der Waals surface area contributed by atoms with Gasteiger partial charge in [-0.3, -0.25) is 4.79 Å². The second-order valence-electron chi connectivity index (χ2n) is 3.55. The smallest absolute Gasteiger partial charge is 0.265 e. The molecule has 5 heteroatoms. The van der Waals surface area contributed by atoms with Crippen molar-refractivity contribution < 1.29 is 0 Å². The lowest BCUT2D eigenvalue weighted by atomic mass is 10.1. The van der Waals surface area contributed by atoms with Crippen LogP contribution in [0.2, 0.25) is 5.02 Å². The number of hydrogen-bond acceptors (Lipinski definition) is 1. The summed E-state index contributed by atoms with van der Waals surface area (Å²) in [5.41, 5.74) is 1.70. The molecule has 2 rings (SSSR count). The van der Waals surface area contributed by atoms with E-state index in [1.54, 1.807) is 23.7 Å². The quantitative estimate of drug-likeness (QED) is 0.729. The van der Waals surface area contributed by atoms with Crippen molar-refractivity contribution in [3.63, 3.8) is 0 Å². The Balaban J connectivity index is 2.69. The molecule has 0 unspecified atom stereocenters. The van der Waals surface area contributed by atoms with Crippen LogP contribution in [0.4, 0.5) is 0 Å². The second-order valence-corrected chi connectivity index (χ2v) is 5.70. The largest absolute Gasteiger partial charge is 0.310 e. The van der Waals surface area contributed by atoms with Crippen molar-refractivity contribution in [3.05, 3.63) is 54.7 Å². The van der Waals surface area contributed by atoms with E-state index in [4.69, 9.17) is 11.6 Å². The SMILES string of the molecule is Cn1c(-c2ccc(Cl)cc2Br)ccc(Br)c1=O. The predicted octanol–water partition coefficient (Wildman–Crippen LogP) is 4.23. The van der Waals surface area contributed by atoms with Crippen LogP contribution in [-0.4, -0.2) is 4.57 Å². The van der Waals surface area contributed by atoms with Crippen LogP contribution < -0.4 is 5.56 Å². The molecule has 1 aromatic carbocycles. The number of aromatic nitrogens is 1. The van der Waals surface area contributed by atoms with Crippen LogP contribution in [0.5, 0.6) is 0 Å². The highest BCUT2D eigenvalue weighted by atomic mass is 79.9. The fraction of sp³-hybridized carbons (Fsp3) is 0.0833. The van der Waals surface area contributed by atoms with Crippen molar-refractivity contribution in [2.45, 2.75) is 0 Å². The van der Waals surface area contributed by atoms with Crippen LogP contribution in [0, 0.1) is 0 Å². The molecule has 0 aliphatic heterocycles. The Morgan fingerprint density at radius 3 is 2.47 bits per heavy atom. The van der Waals surface area contributed by atoms with Crippen molar-refractivity contribution in [2.75, 3.05) is 0 Å². The summed E-state index contributed by atoms with van der Waals surface area (Å²) in [6.07, 6.45) is 0. The highest BCUT2D eigenvalue weighted by Crippen LogP contribution is 2.30. The first-order valence-electron chi connectivity index (χ1n) is 4.81.